The number of nitrogens with zero attached hydrogens (tertiary/aromatic N) is 2. The van der Waals surface area contributed by atoms with E-state index < -0.39 is 5.97 Å². The number of benzene rings is 1. The lowest BCUT2D eigenvalue weighted by Gasteiger charge is -2.19. The Morgan fingerprint density at radius 3 is 2.22 bits per heavy atom. The van der Waals surface area contributed by atoms with Crippen LogP contribution in [0.1, 0.15) is 53.0 Å². The summed E-state index contributed by atoms with van der Waals surface area (Å²) in [5, 5.41) is 0. The van der Waals surface area contributed by atoms with E-state index >= 15 is 0 Å². The lowest BCUT2D eigenvalue weighted by molar-refractivity contribution is -0.134. The minimum atomic E-state index is -0.440. The van der Waals surface area contributed by atoms with Gasteiger partial charge in [-0.25, -0.2) is 4.79 Å². The summed E-state index contributed by atoms with van der Waals surface area (Å²) in [5.41, 5.74) is 4.49. The van der Waals surface area contributed by atoms with Crippen LogP contribution in [-0.4, -0.2) is 41.0 Å². The molecule has 0 N–H and O–H groups in total. The van der Waals surface area contributed by atoms with Gasteiger partial charge in [0, 0.05) is 30.2 Å². The van der Waals surface area contributed by atoms with Gasteiger partial charge in [-0.1, -0.05) is 30.5 Å². The molecular weight excluding hydrogens is 340 g/mol. The third-order valence-electron chi connectivity index (χ3n) is 5.23. The van der Waals surface area contributed by atoms with Gasteiger partial charge in [0.05, 0.1) is 5.56 Å². The number of rotatable bonds is 4. The Kier molecular flexibility index (Phi) is 5.99. The highest BCUT2D eigenvalue weighted by atomic mass is 16.5. The topological polar surface area (TPSA) is 51.5 Å². The molecule has 1 aliphatic heterocycles. The highest BCUT2D eigenvalue weighted by molar-refractivity contribution is 5.93. The van der Waals surface area contributed by atoms with Crippen LogP contribution in [-0.2, 0) is 9.53 Å². The van der Waals surface area contributed by atoms with Crippen LogP contribution >= 0.6 is 0 Å². The number of amides is 1. The molecule has 0 spiro atoms. The summed E-state index contributed by atoms with van der Waals surface area (Å²) >= 11 is 0. The van der Waals surface area contributed by atoms with Crippen molar-refractivity contribution < 1.29 is 14.3 Å². The number of likely N-dealkylation sites (tertiary alicyclic amines) is 1. The first-order valence-corrected chi connectivity index (χ1v) is 9.68. The summed E-state index contributed by atoms with van der Waals surface area (Å²) < 4.78 is 7.38. The van der Waals surface area contributed by atoms with Gasteiger partial charge in [-0.2, -0.15) is 0 Å². The van der Waals surface area contributed by atoms with Crippen LogP contribution in [0.3, 0.4) is 0 Å². The van der Waals surface area contributed by atoms with Crippen molar-refractivity contribution in [3.05, 3.63) is 52.8 Å². The van der Waals surface area contributed by atoms with Crippen molar-refractivity contribution in [2.45, 2.75) is 46.5 Å². The number of aromatic nitrogens is 1. The maximum absolute atomic E-state index is 12.6. The molecule has 0 unspecified atom stereocenters. The van der Waals surface area contributed by atoms with Gasteiger partial charge in [0.25, 0.3) is 5.91 Å². The molecule has 27 heavy (non-hydrogen) atoms. The summed E-state index contributed by atoms with van der Waals surface area (Å²) in [5.74, 6) is -0.540. The second-order valence-electron chi connectivity index (χ2n) is 7.33. The van der Waals surface area contributed by atoms with Gasteiger partial charge in [-0.3, -0.25) is 4.79 Å². The maximum atomic E-state index is 12.6. The SMILES string of the molecule is Cc1ccc(-n2c(C)cc(C(=O)OCC(=O)N3CCCCCC3)c2C)cc1. The van der Waals surface area contributed by atoms with E-state index in [9.17, 15) is 9.59 Å². The van der Waals surface area contributed by atoms with Crippen molar-refractivity contribution in [1.29, 1.82) is 0 Å². The molecule has 1 aromatic heterocycles. The van der Waals surface area contributed by atoms with Crippen molar-refractivity contribution in [1.82, 2.24) is 9.47 Å². The summed E-state index contributed by atoms with van der Waals surface area (Å²) in [4.78, 5) is 26.7. The minimum Gasteiger partial charge on any atom is -0.452 e. The first-order valence-electron chi connectivity index (χ1n) is 9.68. The third kappa shape index (κ3) is 4.41. The maximum Gasteiger partial charge on any atom is 0.340 e. The molecule has 144 valence electrons. The molecule has 1 aliphatic rings. The Hall–Kier alpha value is -2.56. The fraction of sp³-hybridized carbons (Fsp3) is 0.455. The van der Waals surface area contributed by atoms with Crippen molar-refractivity contribution in [3.63, 3.8) is 0 Å². The van der Waals surface area contributed by atoms with E-state index in [0.717, 1.165) is 55.8 Å². The predicted octanol–water partition coefficient (Wildman–Crippen LogP) is 3.96. The van der Waals surface area contributed by atoms with Crippen LogP contribution in [0.4, 0.5) is 0 Å². The van der Waals surface area contributed by atoms with Crippen LogP contribution in [0, 0.1) is 20.8 Å². The van der Waals surface area contributed by atoms with E-state index in [4.69, 9.17) is 4.74 Å². The average Bonchev–Trinajstić information content (AvgIpc) is 2.84. The van der Waals surface area contributed by atoms with Gasteiger partial charge in [0.2, 0.25) is 0 Å². The molecule has 1 fully saturated rings. The molecule has 3 rings (SSSR count). The van der Waals surface area contributed by atoms with Crippen LogP contribution < -0.4 is 0 Å². The number of carbonyl (C=O) groups is 2. The Labute approximate surface area is 160 Å². The second-order valence-corrected chi connectivity index (χ2v) is 7.33. The van der Waals surface area contributed by atoms with Gasteiger partial charge in [-0.15, -0.1) is 0 Å². The number of esters is 1. The standard InChI is InChI=1S/C22H28N2O3/c1-16-8-10-19(11-9-16)24-17(2)14-20(18(24)3)22(26)27-15-21(25)23-12-6-4-5-7-13-23/h8-11,14H,4-7,12-13,15H2,1-3H3. The smallest absolute Gasteiger partial charge is 0.340 e. The van der Waals surface area contributed by atoms with Crippen molar-refractivity contribution in [3.8, 4) is 5.69 Å². The van der Waals surface area contributed by atoms with Crippen LogP contribution in [0.25, 0.3) is 5.69 Å². The monoisotopic (exact) mass is 368 g/mol. The fourth-order valence-corrected chi connectivity index (χ4v) is 3.68. The van der Waals surface area contributed by atoms with E-state index in [-0.39, 0.29) is 12.5 Å². The van der Waals surface area contributed by atoms with Crippen molar-refractivity contribution in [2.75, 3.05) is 19.7 Å². The summed E-state index contributed by atoms with van der Waals surface area (Å²) in [6, 6.07) is 9.99. The predicted molar refractivity (Wildman–Crippen MR) is 105 cm³/mol. The molecular formula is C22H28N2O3. The Balaban J connectivity index is 1.69. The van der Waals surface area contributed by atoms with Crippen molar-refractivity contribution in [2.24, 2.45) is 0 Å². The van der Waals surface area contributed by atoms with Gasteiger partial charge in [0.15, 0.2) is 6.61 Å². The first kappa shape index (κ1) is 19.2. The molecule has 5 heteroatoms. The number of carbonyl (C=O) groups excluding carboxylic acids is 2. The summed E-state index contributed by atoms with van der Waals surface area (Å²) in [7, 11) is 0. The lowest BCUT2D eigenvalue weighted by atomic mass is 10.2. The molecule has 0 bridgehead atoms. The van der Waals surface area contributed by atoms with E-state index in [0.29, 0.717) is 5.56 Å². The van der Waals surface area contributed by atoms with Gasteiger partial charge < -0.3 is 14.2 Å². The molecule has 0 aliphatic carbocycles. The molecule has 0 radical (unpaired) electrons. The molecule has 2 aromatic rings. The molecule has 0 atom stereocenters. The van der Waals surface area contributed by atoms with Crippen LogP contribution in [0.15, 0.2) is 30.3 Å². The minimum absolute atomic E-state index is 0.0995. The van der Waals surface area contributed by atoms with Crippen molar-refractivity contribution >= 4 is 11.9 Å². The number of ether oxygens (including phenoxy) is 1. The fourth-order valence-electron chi connectivity index (χ4n) is 3.68. The second kappa shape index (κ2) is 8.42. The van der Waals surface area contributed by atoms with E-state index in [1.807, 2.05) is 60.6 Å². The Morgan fingerprint density at radius 1 is 0.963 bits per heavy atom. The van der Waals surface area contributed by atoms with Gasteiger partial charge in [-0.05, 0) is 51.8 Å². The largest absolute Gasteiger partial charge is 0.452 e. The number of hydrogen-bond donors (Lipinski definition) is 0. The lowest BCUT2D eigenvalue weighted by Crippen LogP contribution is -2.35. The first-order chi connectivity index (χ1) is 13.0. The zero-order valence-electron chi connectivity index (χ0n) is 16.5. The van der Waals surface area contributed by atoms with E-state index in [1.54, 1.807) is 0 Å². The number of hydrogen-bond acceptors (Lipinski definition) is 3. The molecule has 1 amide bonds. The highest BCUT2D eigenvalue weighted by Crippen LogP contribution is 2.22. The molecule has 0 saturated carbocycles. The highest BCUT2D eigenvalue weighted by Gasteiger charge is 2.21. The summed E-state index contributed by atoms with van der Waals surface area (Å²) in [6.07, 6.45) is 4.37. The summed E-state index contributed by atoms with van der Waals surface area (Å²) in [6.45, 7) is 7.25. The quantitative estimate of drug-likeness (QED) is 0.768. The average molecular weight is 368 g/mol. The normalized spacial score (nSPS) is 14.7. The molecule has 1 aromatic carbocycles. The zero-order chi connectivity index (χ0) is 19.4. The van der Waals surface area contributed by atoms with Crippen LogP contribution in [0.5, 0.6) is 0 Å². The third-order valence-corrected chi connectivity index (χ3v) is 5.23. The Morgan fingerprint density at radius 2 is 1.59 bits per heavy atom. The zero-order valence-corrected chi connectivity index (χ0v) is 16.5. The van der Waals surface area contributed by atoms with Gasteiger partial charge >= 0.3 is 5.97 Å². The van der Waals surface area contributed by atoms with E-state index in [2.05, 4.69) is 0 Å². The van der Waals surface area contributed by atoms with E-state index in [1.165, 1.54) is 5.56 Å². The molecule has 1 saturated heterocycles. The molecule has 5 nitrogen and oxygen atoms in total. The Bertz CT molecular complexity index is 813. The van der Waals surface area contributed by atoms with Crippen LogP contribution in [0.2, 0.25) is 0 Å². The number of aryl methyl sites for hydroxylation is 2. The molecule has 2 heterocycles. The van der Waals surface area contributed by atoms with Gasteiger partial charge in [0.1, 0.15) is 0 Å².